The molecule has 0 radical (unpaired) electrons. The molecule has 3 aromatic rings. The SMILES string of the molecule is CN(Cc1c(Cl)cc(Cl)c(=O)n1CCc1ccc(C(=O)O)cc1)c1cccc(OC(F)(F)F)c1. The summed E-state index contributed by atoms with van der Waals surface area (Å²) in [5.41, 5.74) is 1.31. The van der Waals surface area contributed by atoms with E-state index in [0.29, 0.717) is 17.8 Å². The number of anilines is 1. The number of benzene rings is 2. The van der Waals surface area contributed by atoms with Crippen LogP contribution in [0.2, 0.25) is 10.0 Å². The summed E-state index contributed by atoms with van der Waals surface area (Å²) in [6.45, 7) is 0.296. The molecular formula is C23H19Cl2F3N2O4. The fraction of sp³-hybridized carbons (Fsp3) is 0.217. The molecule has 0 bridgehead atoms. The number of carboxylic acids is 1. The molecular weight excluding hydrogens is 496 g/mol. The van der Waals surface area contributed by atoms with Crippen LogP contribution >= 0.6 is 23.2 Å². The molecule has 0 spiro atoms. The maximum Gasteiger partial charge on any atom is 0.573 e. The molecule has 0 saturated heterocycles. The van der Waals surface area contributed by atoms with Gasteiger partial charge in [0.25, 0.3) is 5.56 Å². The molecule has 0 fully saturated rings. The van der Waals surface area contributed by atoms with E-state index in [-0.39, 0.29) is 34.4 Å². The second-order valence-corrected chi connectivity index (χ2v) is 8.21. The first kappa shape index (κ1) is 25.5. The summed E-state index contributed by atoms with van der Waals surface area (Å²) in [4.78, 5) is 25.4. The largest absolute Gasteiger partial charge is 0.573 e. The summed E-state index contributed by atoms with van der Waals surface area (Å²) in [7, 11) is 1.64. The van der Waals surface area contributed by atoms with Gasteiger partial charge in [-0.25, -0.2) is 4.79 Å². The fourth-order valence-corrected chi connectivity index (χ4v) is 3.86. The maximum absolute atomic E-state index is 12.8. The van der Waals surface area contributed by atoms with Crippen molar-refractivity contribution in [3.05, 3.63) is 91.8 Å². The number of carboxylic acid groups (broad SMARTS) is 1. The molecule has 0 atom stereocenters. The molecule has 11 heteroatoms. The van der Waals surface area contributed by atoms with Gasteiger partial charge >= 0.3 is 12.3 Å². The summed E-state index contributed by atoms with van der Waals surface area (Å²) in [6, 6.07) is 13.0. The number of hydrogen-bond acceptors (Lipinski definition) is 4. The van der Waals surface area contributed by atoms with Crippen molar-refractivity contribution < 1.29 is 27.8 Å². The van der Waals surface area contributed by atoms with E-state index in [1.165, 1.54) is 41.0 Å². The highest BCUT2D eigenvalue weighted by atomic mass is 35.5. The van der Waals surface area contributed by atoms with Crippen molar-refractivity contribution >= 4 is 34.9 Å². The van der Waals surface area contributed by atoms with Gasteiger partial charge in [0, 0.05) is 25.3 Å². The molecule has 1 aromatic heterocycles. The molecule has 34 heavy (non-hydrogen) atoms. The Balaban J connectivity index is 1.85. The minimum absolute atomic E-state index is 0.0711. The summed E-state index contributed by atoms with van der Waals surface area (Å²) in [5.74, 6) is -1.42. The zero-order chi connectivity index (χ0) is 25.0. The van der Waals surface area contributed by atoms with Gasteiger partial charge < -0.3 is 19.3 Å². The van der Waals surface area contributed by atoms with E-state index < -0.39 is 17.9 Å². The van der Waals surface area contributed by atoms with Crippen molar-refractivity contribution in [2.75, 3.05) is 11.9 Å². The van der Waals surface area contributed by atoms with Crippen LogP contribution in [0.15, 0.2) is 59.4 Å². The van der Waals surface area contributed by atoms with Crippen molar-refractivity contribution in [1.82, 2.24) is 4.57 Å². The van der Waals surface area contributed by atoms with Crippen LogP contribution in [0, 0.1) is 0 Å². The van der Waals surface area contributed by atoms with Crippen molar-refractivity contribution in [2.45, 2.75) is 25.9 Å². The van der Waals surface area contributed by atoms with Crippen molar-refractivity contribution in [3.8, 4) is 5.75 Å². The summed E-state index contributed by atoms with van der Waals surface area (Å²) < 4.78 is 43.1. The maximum atomic E-state index is 12.8. The zero-order valence-electron chi connectivity index (χ0n) is 17.8. The number of carbonyl (C=O) groups is 1. The van der Waals surface area contributed by atoms with Gasteiger partial charge in [-0.2, -0.15) is 0 Å². The minimum Gasteiger partial charge on any atom is -0.478 e. The average Bonchev–Trinajstić information content (AvgIpc) is 2.76. The number of pyridine rings is 1. The van der Waals surface area contributed by atoms with E-state index in [1.54, 1.807) is 30.1 Å². The normalized spacial score (nSPS) is 11.4. The summed E-state index contributed by atoms with van der Waals surface area (Å²) in [6.07, 6.45) is -4.43. The molecule has 6 nitrogen and oxygen atoms in total. The molecule has 0 aliphatic carbocycles. The molecule has 0 unspecified atom stereocenters. The van der Waals surface area contributed by atoms with Crippen LogP contribution < -0.4 is 15.2 Å². The van der Waals surface area contributed by atoms with Crippen LogP contribution in [-0.4, -0.2) is 29.1 Å². The van der Waals surface area contributed by atoms with Gasteiger partial charge in [-0.3, -0.25) is 4.79 Å². The van der Waals surface area contributed by atoms with Crippen LogP contribution in [-0.2, 0) is 19.5 Å². The first-order chi connectivity index (χ1) is 15.9. The van der Waals surface area contributed by atoms with Gasteiger partial charge in [-0.1, -0.05) is 41.4 Å². The number of halogens is 5. The summed E-state index contributed by atoms with van der Waals surface area (Å²) in [5, 5.41) is 9.18. The molecule has 0 saturated carbocycles. The fourth-order valence-electron chi connectivity index (χ4n) is 3.32. The Morgan fingerprint density at radius 3 is 2.38 bits per heavy atom. The molecule has 180 valence electrons. The number of rotatable bonds is 8. The van der Waals surface area contributed by atoms with Crippen molar-refractivity contribution in [1.29, 1.82) is 0 Å². The van der Waals surface area contributed by atoms with Crippen LogP contribution in [0.5, 0.6) is 5.75 Å². The number of ether oxygens (including phenoxy) is 1. The van der Waals surface area contributed by atoms with Gasteiger partial charge in [-0.15, -0.1) is 13.2 Å². The van der Waals surface area contributed by atoms with E-state index >= 15 is 0 Å². The monoisotopic (exact) mass is 514 g/mol. The van der Waals surface area contributed by atoms with Gasteiger partial charge in [-0.05, 0) is 42.3 Å². The quantitative estimate of drug-likeness (QED) is 0.421. The molecule has 2 aromatic carbocycles. The molecule has 1 heterocycles. The first-order valence-corrected chi connectivity index (χ1v) is 10.7. The molecule has 0 aliphatic heterocycles. The van der Waals surface area contributed by atoms with E-state index in [9.17, 15) is 22.8 Å². The predicted molar refractivity (Wildman–Crippen MR) is 123 cm³/mol. The lowest BCUT2D eigenvalue weighted by Gasteiger charge is -2.24. The van der Waals surface area contributed by atoms with Gasteiger partial charge in [0.05, 0.1) is 22.8 Å². The third-order valence-electron chi connectivity index (χ3n) is 5.01. The van der Waals surface area contributed by atoms with Crippen molar-refractivity contribution in [3.63, 3.8) is 0 Å². The van der Waals surface area contributed by atoms with E-state index in [4.69, 9.17) is 28.3 Å². The van der Waals surface area contributed by atoms with Crippen LogP contribution in [0.4, 0.5) is 18.9 Å². The number of aromatic carboxylic acids is 1. The number of hydrogen-bond donors (Lipinski definition) is 1. The highest BCUT2D eigenvalue weighted by Gasteiger charge is 2.31. The highest BCUT2D eigenvalue weighted by Crippen LogP contribution is 2.28. The van der Waals surface area contributed by atoms with E-state index in [2.05, 4.69) is 4.74 Å². The third kappa shape index (κ3) is 6.45. The van der Waals surface area contributed by atoms with Crippen LogP contribution in [0.3, 0.4) is 0 Å². The van der Waals surface area contributed by atoms with Crippen LogP contribution in [0.25, 0.3) is 0 Å². The Morgan fingerprint density at radius 2 is 1.76 bits per heavy atom. The first-order valence-electron chi connectivity index (χ1n) is 9.91. The number of aryl methyl sites for hydroxylation is 1. The molecule has 1 N–H and O–H groups in total. The van der Waals surface area contributed by atoms with Gasteiger partial charge in [0.2, 0.25) is 0 Å². The number of alkyl halides is 3. The van der Waals surface area contributed by atoms with Crippen molar-refractivity contribution in [2.24, 2.45) is 0 Å². The topological polar surface area (TPSA) is 71.8 Å². The van der Waals surface area contributed by atoms with E-state index in [1.807, 2.05) is 0 Å². The second kappa shape index (κ2) is 10.4. The van der Waals surface area contributed by atoms with Crippen LogP contribution in [0.1, 0.15) is 21.6 Å². The smallest absolute Gasteiger partial charge is 0.478 e. The Labute approximate surface area is 202 Å². The Morgan fingerprint density at radius 1 is 1.09 bits per heavy atom. The van der Waals surface area contributed by atoms with Gasteiger partial charge in [0.15, 0.2) is 0 Å². The molecule has 0 amide bonds. The lowest BCUT2D eigenvalue weighted by atomic mass is 10.1. The Hall–Kier alpha value is -3.17. The molecule has 3 rings (SSSR count). The second-order valence-electron chi connectivity index (χ2n) is 7.40. The van der Waals surface area contributed by atoms with E-state index in [0.717, 1.165) is 5.56 Å². The molecule has 0 aliphatic rings. The summed E-state index contributed by atoms with van der Waals surface area (Å²) >= 11 is 12.4. The average molecular weight is 515 g/mol. The zero-order valence-corrected chi connectivity index (χ0v) is 19.3. The third-order valence-corrected chi connectivity index (χ3v) is 5.61. The number of aromatic nitrogens is 1. The Kier molecular flexibility index (Phi) is 7.78. The predicted octanol–water partition coefficient (Wildman–Crippen LogP) is 5.63. The lowest BCUT2D eigenvalue weighted by molar-refractivity contribution is -0.274. The highest BCUT2D eigenvalue weighted by molar-refractivity contribution is 6.34. The standard InChI is InChI=1S/C23H19Cl2F3N2O4/c1-29(16-3-2-4-17(11-16)34-23(26,27)28)13-20-18(24)12-19(25)21(31)30(20)10-9-14-5-7-15(8-6-14)22(32)33/h2-8,11-12H,9-10,13H2,1H3,(H,32,33). The minimum atomic E-state index is -4.82. The Bertz CT molecular complexity index is 1240. The van der Waals surface area contributed by atoms with Gasteiger partial charge in [0.1, 0.15) is 10.8 Å². The lowest BCUT2D eigenvalue weighted by Crippen LogP contribution is -2.29. The number of nitrogens with zero attached hydrogens (tertiary/aromatic N) is 2.